The summed E-state index contributed by atoms with van der Waals surface area (Å²) in [7, 11) is 3.87. The first-order valence-corrected chi connectivity index (χ1v) is 9.65. The third-order valence-corrected chi connectivity index (χ3v) is 4.88. The number of benzene rings is 2. The van der Waals surface area contributed by atoms with Crippen molar-refractivity contribution in [3.05, 3.63) is 62.6 Å². The highest BCUT2D eigenvalue weighted by Gasteiger charge is 2.34. The lowest BCUT2D eigenvalue weighted by molar-refractivity contribution is -0.117. The van der Waals surface area contributed by atoms with Gasteiger partial charge in [0.05, 0.1) is 15.6 Å². The van der Waals surface area contributed by atoms with Crippen LogP contribution in [0.4, 0.5) is 11.4 Å². The van der Waals surface area contributed by atoms with Crippen LogP contribution in [0.25, 0.3) is 6.08 Å². The summed E-state index contributed by atoms with van der Waals surface area (Å²) < 4.78 is 0. The average molecular weight is 452 g/mol. The number of nitrogens with zero attached hydrogens (tertiary/aromatic N) is 3. The average Bonchev–Trinajstić information content (AvgIpc) is 2.90. The number of amidine groups is 1. The molecule has 0 radical (unpaired) electrons. The molecule has 0 saturated carbocycles. The van der Waals surface area contributed by atoms with Gasteiger partial charge in [-0.3, -0.25) is 9.59 Å². The first-order valence-electron chi connectivity index (χ1n) is 8.52. The fourth-order valence-corrected chi connectivity index (χ4v) is 3.70. The van der Waals surface area contributed by atoms with E-state index in [1.54, 1.807) is 6.08 Å². The largest absolute Gasteiger partial charge is 0.378 e. The summed E-state index contributed by atoms with van der Waals surface area (Å²) in [4.78, 5) is 26.7. The Kier molecular flexibility index (Phi) is 6.17. The van der Waals surface area contributed by atoms with Gasteiger partial charge in [0.25, 0.3) is 5.91 Å². The minimum atomic E-state index is -0.475. The van der Waals surface area contributed by atoms with Gasteiger partial charge in [0.1, 0.15) is 5.69 Å². The maximum atomic E-state index is 13.1. The van der Waals surface area contributed by atoms with E-state index in [1.165, 1.54) is 19.1 Å². The third-order valence-electron chi connectivity index (χ3n) is 4.09. The molecular weight excluding hydrogens is 435 g/mol. The van der Waals surface area contributed by atoms with Gasteiger partial charge in [-0.25, -0.2) is 0 Å². The van der Waals surface area contributed by atoms with E-state index in [1.807, 2.05) is 43.3 Å². The number of carbonyl (C=O) groups is 2. The van der Waals surface area contributed by atoms with Crippen LogP contribution < -0.4 is 15.2 Å². The second-order valence-corrected chi connectivity index (χ2v) is 7.76. The van der Waals surface area contributed by atoms with Gasteiger partial charge in [0, 0.05) is 31.7 Å². The molecule has 1 heterocycles. The number of amides is 2. The predicted molar refractivity (Wildman–Crippen MR) is 119 cm³/mol. The summed E-state index contributed by atoms with van der Waals surface area (Å²) in [5, 5.41) is 8.54. The molecule has 3 rings (SSSR count). The quantitative estimate of drug-likeness (QED) is 0.694. The Labute approximate surface area is 183 Å². The molecule has 0 aromatic heterocycles. The second-order valence-electron chi connectivity index (χ2n) is 6.51. The van der Waals surface area contributed by atoms with E-state index in [2.05, 4.69) is 10.4 Å². The lowest BCUT2D eigenvalue weighted by Gasteiger charge is -2.15. The van der Waals surface area contributed by atoms with E-state index in [-0.39, 0.29) is 33.0 Å². The van der Waals surface area contributed by atoms with Gasteiger partial charge >= 0.3 is 0 Å². The molecule has 2 amide bonds. The number of nitrogens with one attached hydrogen (secondary N) is 1. The molecule has 2 aromatic carbocycles. The Bertz CT molecular complexity index is 1020. The monoisotopic (exact) mass is 450 g/mol. The van der Waals surface area contributed by atoms with Gasteiger partial charge in [0.15, 0.2) is 5.84 Å². The highest BCUT2D eigenvalue weighted by atomic mass is 35.5. The van der Waals surface area contributed by atoms with E-state index >= 15 is 0 Å². The predicted octanol–water partition coefficient (Wildman–Crippen LogP) is 4.59. The Hall–Kier alpha value is -2.54. The van der Waals surface area contributed by atoms with Gasteiger partial charge < -0.3 is 10.2 Å². The third kappa shape index (κ3) is 4.56. The molecular formula is C20H17Cl3N4O2. The molecule has 0 spiro atoms. The van der Waals surface area contributed by atoms with Crippen molar-refractivity contribution in [2.24, 2.45) is 5.10 Å². The van der Waals surface area contributed by atoms with Crippen molar-refractivity contribution in [3.8, 4) is 0 Å². The number of carbonyl (C=O) groups excluding carboxylic acids is 2. The standard InChI is InChI=1S/C20H17Cl3N4O2/c1-11(28)24-19-15(8-12-4-6-14(7-5-12)26(2)3)20(29)27(25-19)18-16(22)9-13(21)10-17(18)23/h4-10H,1-3H3,(H,24,25,28)/b15-8-. The lowest BCUT2D eigenvalue weighted by atomic mass is 10.1. The van der Waals surface area contributed by atoms with Crippen LogP contribution in [0.1, 0.15) is 12.5 Å². The molecule has 29 heavy (non-hydrogen) atoms. The number of anilines is 2. The molecule has 0 fully saturated rings. The molecule has 0 saturated heterocycles. The highest BCUT2D eigenvalue weighted by molar-refractivity contribution is 6.44. The molecule has 1 aliphatic rings. The summed E-state index contributed by atoms with van der Waals surface area (Å²) in [5.74, 6) is -0.724. The molecule has 6 nitrogen and oxygen atoms in total. The van der Waals surface area contributed by atoms with E-state index in [0.717, 1.165) is 16.3 Å². The number of hydrogen-bond donors (Lipinski definition) is 1. The molecule has 0 atom stereocenters. The first-order chi connectivity index (χ1) is 13.7. The summed E-state index contributed by atoms with van der Waals surface area (Å²) in [6, 6.07) is 10.5. The Morgan fingerprint density at radius 3 is 2.21 bits per heavy atom. The summed E-state index contributed by atoms with van der Waals surface area (Å²) in [6.45, 7) is 1.33. The highest BCUT2D eigenvalue weighted by Crippen LogP contribution is 2.39. The molecule has 2 aromatic rings. The number of hydrogen-bond acceptors (Lipinski definition) is 4. The van der Waals surface area contributed by atoms with Crippen LogP contribution in [-0.4, -0.2) is 31.7 Å². The van der Waals surface area contributed by atoms with Gasteiger partial charge in [-0.15, -0.1) is 5.10 Å². The van der Waals surface area contributed by atoms with Crippen LogP contribution in [0.5, 0.6) is 0 Å². The number of halogens is 3. The van der Waals surface area contributed by atoms with Crippen molar-refractivity contribution < 1.29 is 9.59 Å². The van der Waals surface area contributed by atoms with E-state index in [0.29, 0.717) is 5.02 Å². The molecule has 9 heteroatoms. The molecule has 0 aliphatic carbocycles. The summed E-state index contributed by atoms with van der Waals surface area (Å²) in [6.07, 6.45) is 1.65. The molecule has 1 aliphatic heterocycles. The zero-order valence-electron chi connectivity index (χ0n) is 15.8. The van der Waals surface area contributed by atoms with Crippen molar-refractivity contribution in [2.75, 3.05) is 24.0 Å². The normalized spacial score (nSPS) is 15.0. The first kappa shape index (κ1) is 21.2. The van der Waals surface area contributed by atoms with Crippen LogP contribution in [-0.2, 0) is 9.59 Å². The van der Waals surface area contributed by atoms with Crippen LogP contribution in [0, 0.1) is 0 Å². The molecule has 0 bridgehead atoms. The van der Waals surface area contributed by atoms with Crippen LogP contribution in [0.15, 0.2) is 47.1 Å². The minimum Gasteiger partial charge on any atom is -0.378 e. The smallest absolute Gasteiger partial charge is 0.282 e. The van der Waals surface area contributed by atoms with Crippen molar-refractivity contribution in [1.82, 2.24) is 5.32 Å². The fourth-order valence-electron chi connectivity index (χ4n) is 2.73. The molecule has 150 valence electrons. The Balaban J connectivity index is 2.05. The Morgan fingerprint density at radius 2 is 1.69 bits per heavy atom. The van der Waals surface area contributed by atoms with Crippen molar-refractivity contribution in [1.29, 1.82) is 0 Å². The topological polar surface area (TPSA) is 65.0 Å². The lowest BCUT2D eigenvalue weighted by Crippen LogP contribution is -2.29. The maximum absolute atomic E-state index is 13.1. The van der Waals surface area contributed by atoms with Gasteiger partial charge in [-0.1, -0.05) is 46.9 Å². The SMILES string of the molecule is CC(=O)NC1=NN(c2c(Cl)cc(Cl)cc2Cl)C(=O)/C1=C\c1ccc(N(C)C)cc1. The van der Waals surface area contributed by atoms with Gasteiger partial charge in [-0.2, -0.15) is 5.01 Å². The van der Waals surface area contributed by atoms with Gasteiger partial charge in [0.2, 0.25) is 5.91 Å². The molecule has 0 unspecified atom stereocenters. The fraction of sp³-hybridized carbons (Fsp3) is 0.150. The van der Waals surface area contributed by atoms with Crippen LogP contribution in [0.3, 0.4) is 0 Å². The summed E-state index contributed by atoms with van der Waals surface area (Å²) >= 11 is 18.4. The van der Waals surface area contributed by atoms with Gasteiger partial charge in [-0.05, 0) is 35.9 Å². The van der Waals surface area contributed by atoms with E-state index < -0.39 is 5.91 Å². The zero-order valence-corrected chi connectivity index (χ0v) is 18.1. The van der Waals surface area contributed by atoms with Crippen molar-refractivity contribution >= 4 is 69.9 Å². The van der Waals surface area contributed by atoms with Crippen molar-refractivity contribution in [2.45, 2.75) is 6.92 Å². The number of hydrazone groups is 1. The van der Waals surface area contributed by atoms with Crippen LogP contribution >= 0.6 is 34.8 Å². The number of rotatable bonds is 3. The maximum Gasteiger partial charge on any atom is 0.282 e. The molecule has 1 N–H and O–H groups in total. The summed E-state index contributed by atoms with van der Waals surface area (Å²) in [5.41, 5.74) is 2.19. The van der Waals surface area contributed by atoms with Crippen molar-refractivity contribution in [3.63, 3.8) is 0 Å². The second kappa shape index (κ2) is 8.45. The Morgan fingerprint density at radius 1 is 1.10 bits per heavy atom. The zero-order chi connectivity index (χ0) is 21.3. The van der Waals surface area contributed by atoms with E-state index in [9.17, 15) is 9.59 Å². The van der Waals surface area contributed by atoms with E-state index in [4.69, 9.17) is 34.8 Å². The minimum absolute atomic E-state index is 0.112. The van der Waals surface area contributed by atoms with Crippen LogP contribution in [0.2, 0.25) is 15.1 Å².